The molecule has 0 aliphatic heterocycles. The summed E-state index contributed by atoms with van der Waals surface area (Å²) in [5, 5.41) is 0. The SMILES string of the molecule is CC.CC.CC(C)(C)C(C)(C)C(C)(C)C(C)(C)C.CC(C)(C)CC(C)(C)CC(C)(C)C.C[C@@H]1C[C@@H]2C[C@@H](C2(C)C)C1(C)C. The third kappa shape index (κ3) is 13.3. The first-order chi connectivity index (χ1) is 18.5. The zero-order chi connectivity index (χ0) is 36.1. The van der Waals surface area contributed by atoms with Crippen molar-refractivity contribution in [1.82, 2.24) is 0 Å². The van der Waals surface area contributed by atoms with Crippen molar-refractivity contribution in [3.8, 4) is 0 Å². The number of rotatable bonds is 3. The van der Waals surface area contributed by atoms with E-state index >= 15 is 0 Å². The summed E-state index contributed by atoms with van der Waals surface area (Å²) in [6, 6.07) is 0. The molecule has 3 rings (SSSR count). The second kappa shape index (κ2) is 15.7. The fourth-order valence-corrected chi connectivity index (χ4v) is 8.56. The van der Waals surface area contributed by atoms with E-state index < -0.39 is 0 Å². The maximum absolute atomic E-state index is 2.47. The van der Waals surface area contributed by atoms with E-state index in [9.17, 15) is 0 Å². The van der Waals surface area contributed by atoms with Crippen LogP contribution in [0.2, 0.25) is 0 Å². The molecule has 3 fully saturated rings. The Morgan fingerprint density at radius 2 is 0.744 bits per heavy atom. The van der Waals surface area contributed by atoms with E-state index in [1.807, 2.05) is 27.7 Å². The highest BCUT2D eigenvalue weighted by Gasteiger charge is 2.59. The van der Waals surface area contributed by atoms with E-state index in [1.54, 1.807) is 0 Å². The predicted octanol–water partition coefficient (Wildman–Crippen LogP) is 15.8. The van der Waals surface area contributed by atoms with Crippen LogP contribution < -0.4 is 0 Å². The summed E-state index contributed by atoms with van der Waals surface area (Å²) < 4.78 is 0. The maximum atomic E-state index is 2.47. The Hall–Kier alpha value is 0. The lowest BCUT2D eigenvalue weighted by Gasteiger charge is -2.66. The predicted molar refractivity (Wildman–Crippen MR) is 204 cm³/mol. The minimum Gasteiger partial charge on any atom is -0.0683 e. The lowest BCUT2D eigenvalue weighted by molar-refractivity contribution is -0.170. The van der Waals surface area contributed by atoms with Crippen molar-refractivity contribution in [2.24, 2.45) is 66.5 Å². The molecule has 2 bridgehead atoms. The smallest absolute Gasteiger partial charge is 0.0249 e. The molecule has 3 aliphatic carbocycles. The van der Waals surface area contributed by atoms with Crippen molar-refractivity contribution in [3.63, 3.8) is 0 Å². The maximum Gasteiger partial charge on any atom is -0.0249 e. The Labute approximate surface area is 278 Å². The molecule has 0 radical (unpaired) electrons. The molecule has 0 heterocycles. The third-order valence-corrected chi connectivity index (χ3v) is 12.6. The summed E-state index contributed by atoms with van der Waals surface area (Å²) in [4.78, 5) is 0. The molecule has 0 amide bonds. The second-order valence-corrected chi connectivity index (χ2v) is 21.7. The van der Waals surface area contributed by atoms with Gasteiger partial charge < -0.3 is 0 Å². The zero-order valence-corrected chi connectivity index (χ0v) is 36.1. The number of fused-ring (bicyclic) bond motifs is 2. The van der Waals surface area contributed by atoms with Crippen LogP contribution in [0, 0.1) is 66.5 Å². The minimum absolute atomic E-state index is 0.318. The highest BCUT2D eigenvalue weighted by Crippen LogP contribution is 2.67. The van der Waals surface area contributed by atoms with Crippen molar-refractivity contribution in [2.45, 2.75) is 213 Å². The highest BCUT2D eigenvalue weighted by atomic mass is 14.6. The molecule has 43 heavy (non-hydrogen) atoms. The van der Waals surface area contributed by atoms with E-state index in [4.69, 9.17) is 0 Å². The van der Waals surface area contributed by atoms with Gasteiger partial charge in [0.15, 0.2) is 0 Å². The molecule has 0 heteroatoms. The van der Waals surface area contributed by atoms with Gasteiger partial charge in [-0.05, 0) is 92.2 Å². The van der Waals surface area contributed by atoms with Crippen LogP contribution in [0.4, 0.5) is 0 Å². The monoisotopic (exact) mass is 609 g/mol. The van der Waals surface area contributed by atoms with Crippen molar-refractivity contribution < 1.29 is 0 Å². The average Bonchev–Trinajstić information content (AvgIpc) is 2.73. The molecular weight excluding hydrogens is 516 g/mol. The van der Waals surface area contributed by atoms with Crippen LogP contribution in [0.5, 0.6) is 0 Å². The number of hydrogen-bond donors (Lipinski definition) is 0. The van der Waals surface area contributed by atoms with Gasteiger partial charge in [0.1, 0.15) is 0 Å². The summed E-state index contributed by atoms with van der Waals surface area (Å²) in [6.45, 7) is 62.8. The molecule has 0 N–H and O–H groups in total. The Bertz CT molecular complexity index is 713. The van der Waals surface area contributed by atoms with Crippen molar-refractivity contribution in [1.29, 1.82) is 0 Å². The Balaban J connectivity index is -0.000000527. The summed E-state index contributed by atoms with van der Waals surface area (Å²) in [5.41, 5.74) is 3.93. The highest BCUT2D eigenvalue weighted by molar-refractivity contribution is 5.08. The van der Waals surface area contributed by atoms with E-state index in [1.165, 1.54) is 25.7 Å². The van der Waals surface area contributed by atoms with Gasteiger partial charge in [-0.2, -0.15) is 0 Å². The molecular formula is C43H92. The zero-order valence-electron chi connectivity index (χ0n) is 36.1. The summed E-state index contributed by atoms with van der Waals surface area (Å²) in [7, 11) is 0. The van der Waals surface area contributed by atoms with Gasteiger partial charge in [-0.3, -0.25) is 0 Å². The van der Waals surface area contributed by atoms with Gasteiger partial charge in [0, 0.05) is 0 Å². The fraction of sp³-hybridized carbons (Fsp3) is 1.00. The van der Waals surface area contributed by atoms with E-state index in [-0.39, 0.29) is 0 Å². The van der Waals surface area contributed by atoms with Gasteiger partial charge in [0.05, 0.1) is 0 Å². The Morgan fingerprint density at radius 1 is 0.465 bits per heavy atom. The van der Waals surface area contributed by atoms with E-state index in [0.717, 1.165) is 17.8 Å². The van der Waals surface area contributed by atoms with Crippen LogP contribution in [0.3, 0.4) is 0 Å². The largest absolute Gasteiger partial charge is 0.0683 e. The summed E-state index contributed by atoms with van der Waals surface area (Å²) in [5.74, 6) is 2.96. The first-order valence-corrected chi connectivity index (χ1v) is 18.5. The minimum atomic E-state index is 0.318. The molecule has 0 unspecified atom stereocenters. The van der Waals surface area contributed by atoms with Crippen LogP contribution in [-0.4, -0.2) is 0 Å². The quantitative estimate of drug-likeness (QED) is 0.299. The Morgan fingerprint density at radius 3 is 0.907 bits per heavy atom. The molecule has 0 saturated heterocycles. The molecule has 3 saturated carbocycles. The van der Waals surface area contributed by atoms with Crippen LogP contribution in [0.15, 0.2) is 0 Å². The fourth-order valence-electron chi connectivity index (χ4n) is 8.56. The van der Waals surface area contributed by atoms with Crippen molar-refractivity contribution >= 4 is 0 Å². The van der Waals surface area contributed by atoms with Crippen molar-refractivity contribution in [2.75, 3.05) is 0 Å². The topological polar surface area (TPSA) is 0 Å². The second-order valence-electron chi connectivity index (χ2n) is 21.7. The molecule has 264 valence electrons. The van der Waals surface area contributed by atoms with Gasteiger partial charge in [0.25, 0.3) is 0 Å². The first-order valence-electron chi connectivity index (χ1n) is 18.5. The van der Waals surface area contributed by atoms with E-state index in [0.29, 0.717) is 48.7 Å². The number of hydrogen-bond acceptors (Lipinski definition) is 0. The van der Waals surface area contributed by atoms with Gasteiger partial charge in [0.2, 0.25) is 0 Å². The Kier molecular flexibility index (Phi) is 17.3. The van der Waals surface area contributed by atoms with Crippen LogP contribution in [0.25, 0.3) is 0 Å². The molecule has 3 aliphatic rings. The van der Waals surface area contributed by atoms with Gasteiger partial charge in [-0.25, -0.2) is 0 Å². The van der Waals surface area contributed by atoms with E-state index in [2.05, 4.69) is 159 Å². The normalized spacial score (nSPS) is 23.4. The summed E-state index contributed by atoms with van der Waals surface area (Å²) >= 11 is 0. The van der Waals surface area contributed by atoms with Crippen LogP contribution in [0.1, 0.15) is 213 Å². The molecule has 0 aromatic carbocycles. The molecule has 0 nitrogen and oxygen atoms in total. The molecule has 0 aromatic heterocycles. The van der Waals surface area contributed by atoms with Crippen molar-refractivity contribution in [3.05, 3.63) is 0 Å². The standard InChI is InChI=1S/C14H30.C13H28.C12H22.2C2H6/c1-11(2,3)13(7,8)14(9,10)12(4,5)6;1-11(2,3)9-13(7,8)10-12(4,5)6;1-8-6-9-7-10(11(8,2)3)12(9,4)5;2*1-2/h1-10H3;9-10H2,1-8H3;8-10H,6-7H2,1-5H3;2*1-2H3/t;;8-,9-,10-;;/m..1../s1. The third-order valence-electron chi connectivity index (χ3n) is 12.6. The van der Waals surface area contributed by atoms with Crippen LogP contribution >= 0.6 is 0 Å². The summed E-state index contributed by atoms with van der Waals surface area (Å²) in [6.07, 6.45) is 5.58. The first kappa shape index (κ1) is 47.4. The lowest BCUT2D eigenvalue weighted by Crippen LogP contribution is -2.58. The molecule has 0 spiro atoms. The van der Waals surface area contributed by atoms with Gasteiger partial charge >= 0.3 is 0 Å². The molecule has 0 aromatic rings. The molecule has 3 atom stereocenters. The average molecular weight is 609 g/mol. The van der Waals surface area contributed by atoms with Gasteiger partial charge in [-0.1, -0.05) is 187 Å². The lowest BCUT2D eigenvalue weighted by atomic mass is 9.39. The van der Waals surface area contributed by atoms with Crippen LogP contribution in [-0.2, 0) is 0 Å². The van der Waals surface area contributed by atoms with Gasteiger partial charge in [-0.15, -0.1) is 0 Å².